The van der Waals surface area contributed by atoms with Gasteiger partial charge < -0.3 is 14.8 Å². The minimum atomic E-state index is -0.398. The summed E-state index contributed by atoms with van der Waals surface area (Å²) in [5, 5.41) is 8.77. The average molecular weight is 388 g/mol. The summed E-state index contributed by atoms with van der Waals surface area (Å²) in [5.74, 6) is 0.491. The van der Waals surface area contributed by atoms with E-state index in [4.69, 9.17) is 21.1 Å². The van der Waals surface area contributed by atoms with E-state index in [0.29, 0.717) is 27.9 Å². The lowest BCUT2D eigenvalue weighted by Crippen LogP contribution is -2.36. The van der Waals surface area contributed by atoms with E-state index in [1.54, 1.807) is 49.6 Å². The number of hydrogen-bond donors (Lipinski definition) is 1. The van der Waals surface area contributed by atoms with Crippen LogP contribution in [-0.2, 0) is 9.59 Å². The number of hydrogen-bond acceptors (Lipinski definition) is 5. The molecule has 0 spiro atoms. The fourth-order valence-electron chi connectivity index (χ4n) is 2.60. The zero-order valence-corrected chi connectivity index (χ0v) is 15.6. The third kappa shape index (κ3) is 4.20. The molecule has 0 bridgehead atoms. The van der Waals surface area contributed by atoms with Crippen molar-refractivity contribution in [1.29, 1.82) is 0 Å². The molecule has 2 aromatic carbocycles. The number of hydrazone groups is 1. The van der Waals surface area contributed by atoms with Crippen molar-refractivity contribution in [2.75, 3.05) is 24.5 Å². The number of amides is 2. The van der Waals surface area contributed by atoms with Gasteiger partial charge >= 0.3 is 0 Å². The van der Waals surface area contributed by atoms with E-state index >= 15 is 0 Å². The van der Waals surface area contributed by atoms with Crippen LogP contribution in [0.25, 0.3) is 0 Å². The van der Waals surface area contributed by atoms with Gasteiger partial charge in [-0.05, 0) is 36.4 Å². The molecule has 1 N–H and O–H groups in total. The number of carbonyl (C=O) groups excluding carboxylic acids is 2. The van der Waals surface area contributed by atoms with E-state index in [-0.39, 0.29) is 24.5 Å². The maximum Gasteiger partial charge on any atom is 0.271 e. The SMILES string of the molecule is COc1ccc(NC(=O)C2=NN(c3ccc(Cl)cc3)C(=O)CC2)c(OC)c1. The number of methoxy groups -OCH3 is 2. The minimum Gasteiger partial charge on any atom is -0.497 e. The summed E-state index contributed by atoms with van der Waals surface area (Å²) in [5.41, 5.74) is 1.29. The van der Waals surface area contributed by atoms with Crippen LogP contribution in [0.3, 0.4) is 0 Å². The Hall–Kier alpha value is -3.06. The van der Waals surface area contributed by atoms with E-state index in [9.17, 15) is 9.59 Å². The van der Waals surface area contributed by atoms with Gasteiger partial charge in [-0.25, -0.2) is 5.01 Å². The highest BCUT2D eigenvalue weighted by atomic mass is 35.5. The van der Waals surface area contributed by atoms with Crippen molar-refractivity contribution in [2.45, 2.75) is 12.8 Å². The van der Waals surface area contributed by atoms with Crippen LogP contribution in [0.4, 0.5) is 11.4 Å². The Morgan fingerprint density at radius 3 is 2.52 bits per heavy atom. The maximum absolute atomic E-state index is 12.6. The summed E-state index contributed by atoms with van der Waals surface area (Å²) in [6.07, 6.45) is 0.446. The van der Waals surface area contributed by atoms with Crippen LogP contribution in [0.15, 0.2) is 47.6 Å². The van der Waals surface area contributed by atoms with E-state index in [2.05, 4.69) is 10.4 Å². The molecule has 0 atom stereocenters. The number of rotatable bonds is 5. The molecule has 1 heterocycles. The molecule has 2 aromatic rings. The molecule has 1 aliphatic rings. The molecule has 0 saturated carbocycles. The van der Waals surface area contributed by atoms with E-state index in [1.165, 1.54) is 12.1 Å². The fraction of sp³-hybridized carbons (Fsp3) is 0.211. The molecule has 0 radical (unpaired) electrons. The van der Waals surface area contributed by atoms with E-state index in [1.807, 2.05) is 0 Å². The molecule has 0 aromatic heterocycles. The Bertz CT molecular complexity index is 896. The number of nitrogens with one attached hydrogen (secondary N) is 1. The molecule has 8 heteroatoms. The molecule has 0 unspecified atom stereocenters. The van der Waals surface area contributed by atoms with E-state index < -0.39 is 5.91 Å². The Morgan fingerprint density at radius 1 is 1.11 bits per heavy atom. The van der Waals surface area contributed by atoms with Gasteiger partial charge in [0.1, 0.15) is 17.2 Å². The summed E-state index contributed by atoms with van der Waals surface area (Å²) in [6, 6.07) is 11.7. The average Bonchev–Trinajstić information content (AvgIpc) is 2.69. The van der Waals surface area contributed by atoms with Crippen LogP contribution < -0.4 is 19.8 Å². The summed E-state index contributed by atoms with van der Waals surface area (Å²) in [7, 11) is 3.05. The highest BCUT2D eigenvalue weighted by molar-refractivity contribution is 6.44. The number of halogens is 1. The fourth-order valence-corrected chi connectivity index (χ4v) is 2.72. The standard InChI is InChI=1S/C19H18ClN3O4/c1-26-14-7-8-15(17(11-14)27-2)21-19(25)16-9-10-18(24)23(22-16)13-5-3-12(20)4-6-13/h3-8,11H,9-10H2,1-2H3,(H,21,25). The van der Waals surface area contributed by atoms with Gasteiger partial charge in [-0.3, -0.25) is 9.59 Å². The Kier molecular flexibility index (Phi) is 5.61. The van der Waals surface area contributed by atoms with Crippen LogP contribution >= 0.6 is 11.6 Å². The van der Waals surface area contributed by atoms with Gasteiger partial charge in [0.2, 0.25) is 5.91 Å². The Labute approximate surface area is 161 Å². The van der Waals surface area contributed by atoms with Crippen LogP contribution in [0.1, 0.15) is 12.8 Å². The van der Waals surface area contributed by atoms with Crippen molar-refractivity contribution < 1.29 is 19.1 Å². The summed E-state index contributed by atoms with van der Waals surface area (Å²) in [6.45, 7) is 0. The van der Waals surface area contributed by atoms with Gasteiger partial charge in [0.15, 0.2) is 0 Å². The van der Waals surface area contributed by atoms with Crippen molar-refractivity contribution in [3.63, 3.8) is 0 Å². The zero-order chi connectivity index (χ0) is 19.4. The van der Waals surface area contributed by atoms with Gasteiger partial charge in [-0.2, -0.15) is 5.10 Å². The van der Waals surface area contributed by atoms with Crippen LogP contribution in [0, 0.1) is 0 Å². The molecule has 7 nitrogen and oxygen atoms in total. The second kappa shape index (κ2) is 8.09. The first kappa shape index (κ1) is 18.7. The number of benzene rings is 2. The summed E-state index contributed by atoms with van der Waals surface area (Å²) < 4.78 is 10.4. The topological polar surface area (TPSA) is 80.2 Å². The summed E-state index contributed by atoms with van der Waals surface area (Å²) in [4.78, 5) is 24.8. The molecule has 0 fully saturated rings. The molecule has 1 aliphatic heterocycles. The van der Waals surface area contributed by atoms with Crippen molar-refractivity contribution in [1.82, 2.24) is 0 Å². The number of ether oxygens (including phenoxy) is 2. The Balaban J connectivity index is 1.83. The van der Waals surface area contributed by atoms with Crippen molar-refractivity contribution in [2.24, 2.45) is 5.10 Å². The highest BCUT2D eigenvalue weighted by Crippen LogP contribution is 2.29. The Morgan fingerprint density at radius 2 is 1.85 bits per heavy atom. The van der Waals surface area contributed by atoms with Gasteiger partial charge in [0, 0.05) is 23.9 Å². The highest BCUT2D eigenvalue weighted by Gasteiger charge is 2.26. The van der Waals surface area contributed by atoms with Crippen LogP contribution in [-0.4, -0.2) is 31.7 Å². The van der Waals surface area contributed by atoms with Crippen molar-refractivity contribution in [3.8, 4) is 11.5 Å². The lowest BCUT2D eigenvalue weighted by atomic mass is 10.1. The largest absolute Gasteiger partial charge is 0.497 e. The monoisotopic (exact) mass is 387 g/mol. The molecular weight excluding hydrogens is 370 g/mol. The molecule has 0 aliphatic carbocycles. The quantitative estimate of drug-likeness (QED) is 0.851. The lowest BCUT2D eigenvalue weighted by Gasteiger charge is -2.23. The third-order valence-corrected chi connectivity index (χ3v) is 4.27. The van der Waals surface area contributed by atoms with Gasteiger partial charge in [0.25, 0.3) is 5.91 Å². The first-order valence-electron chi connectivity index (χ1n) is 8.21. The predicted molar refractivity (Wildman–Crippen MR) is 104 cm³/mol. The first-order valence-corrected chi connectivity index (χ1v) is 8.59. The molecular formula is C19H18ClN3O4. The first-order chi connectivity index (χ1) is 13.0. The van der Waals surface area contributed by atoms with Gasteiger partial charge in [-0.15, -0.1) is 0 Å². The molecule has 140 valence electrons. The molecule has 0 saturated heterocycles. The molecule has 2 amide bonds. The number of nitrogens with zero attached hydrogens (tertiary/aromatic N) is 2. The maximum atomic E-state index is 12.6. The van der Waals surface area contributed by atoms with Gasteiger partial charge in [0.05, 0.1) is 25.6 Å². The minimum absolute atomic E-state index is 0.184. The normalized spacial score (nSPS) is 13.8. The third-order valence-electron chi connectivity index (χ3n) is 4.02. The second-order valence-electron chi connectivity index (χ2n) is 5.75. The smallest absolute Gasteiger partial charge is 0.271 e. The van der Waals surface area contributed by atoms with Crippen molar-refractivity contribution >= 4 is 40.5 Å². The van der Waals surface area contributed by atoms with E-state index in [0.717, 1.165) is 0 Å². The number of anilines is 2. The molecule has 27 heavy (non-hydrogen) atoms. The summed E-state index contributed by atoms with van der Waals surface area (Å²) >= 11 is 5.88. The van der Waals surface area contributed by atoms with Crippen LogP contribution in [0.5, 0.6) is 11.5 Å². The zero-order valence-electron chi connectivity index (χ0n) is 14.9. The van der Waals surface area contributed by atoms with Crippen LogP contribution in [0.2, 0.25) is 5.02 Å². The predicted octanol–water partition coefficient (Wildman–Crippen LogP) is 3.48. The lowest BCUT2D eigenvalue weighted by molar-refractivity contribution is -0.118. The second-order valence-corrected chi connectivity index (χ2v) is 6.19. The van der Waals surface area contributed by atoms with Gasteiger partial charge in [-0.1, -0.05) is 11.6 Å². The molecule has 3 rings (SSSR count). The number of carbonyl (C=O) groups is 2. The van der Waals surface area contributed by atoms with Crippen molar-refractivity contribution in [3.05, 3.63) is 47.5 Å².